The number of nitrogens with zero attached hydrogens (tertiary/aromatic N) is 1. The van der Waals surface area contributed by atoms with Gasteiger partial charge >= 0.3 is 0 Å². The molecule has 0 spiro atoms. The molecule has 1 amide bonds. The van der Waals surface area contributed by atoms with E-state index >= 15 is 0 Å². The van der Waals surface area contributed by atoms with Gasteiger partial charge in [0.1, 0.15) is 18.1 Å². The van der Waals surface area contributed by atoms with Crippen molar-refractivity contribution in [3.05, 3.63) is 88.9 Å². The summed E-state index contributed by atoms with van der Waals surface area (Å²) >= 11 is 0. The first kappa shape index (κ1) is 17.8. The highest BCUT2D eigenvalue weighted by molar-refractivity contribution is 5.91. The second kappa shape index (κ2) is 7.91. The maximum absolute atomic E-state index is 12.6. The summed E-state index contributed by atoms with van der Waals surface area (Å²) in [7, 11) is 1.78. The summed E-state index contributed by atoms with van der Waals surface area (Å²) in [6.45, 7) is 4.96. The average Bonchev–Trinajstić information content (AvgIpc) is 3.11. The van der Waals surface area contributed by atoms with Gasteiger partial charge in [0.25, 0.3) is 5.91 Å². The Morgan fingerprint density at radius 3 is 2.54 bits per heavy atom. The van der Waals surface area contributed by atoms with Crippen LogP contribution >= 0.6 is 0 Å². The van der Waals surface area contributed by atoms with Crippen LogP contribution < -0.4 is 4.74 Å². The number of hydrogen-bond acceptors (Lipinski definition) is 3. The molecule has 3 aromatic rings. The fraction of sp³-hybridized carbons (Fsp3) is 0.227. The number of rotatable bonds is 6. The molecule has 3 rings (SSSR count). The number of benzene rings is 2. The first-order valence-corrected chi connectivity index (χ1v) is 8.61. The zero-order valence-electron chi connectivity index (χ0n) is 15.4. The standard InChI is InChI=1S/C22H23NO3/c1-16-9-10-18(17(2)13-16)14-23(3)22(24)21-12-11-20(26-21)15-25-19-7-5-4-6-8-19/h4-13H,14-15H2,1-3H3. The van der Waals surface area contributed by atoms with Gasteiger partial charge < -0.3 is 14.1 Å². The fourth-order valence-corrected chi connectivity index (χ4v) is 2.78. The predicted molar refractivity (Wildman–Crippen MR) is 101 cm³/mol. The maximum Gasteiger partial charge on any atom is 0.289 e. The lowest BCUT2D eigenvalue weighted by Crippen LogP contribution is -2.26. The minimum atomic E-state index is -0.143. The number of ether oxygens (including phenoxy) is 1. The van der Waals surface area contributed by atoms with E-state index in [0.29, 0.717) is 18.1 Å². The number of furan rings is 1. The molecule has 0 unspecified atom stereocenters. The van der Waals surface area contributed by atoms with Crippen LogP contribution in [0.25, 0.3) is 0 Å². The van der Waals surface area contributed by atoms with Crippen molar-refractivity contribution in [3.63, 3.8) is 0 Å². The SMILES string of the molecule is Cc1ccc(CN(C)C(=O)c2ccc(COc3ccccc3)o2)c(C)c1. The third kappa shape index (κ3) is 4.33. The molecule has 0 N–H and O–H groups in total. The van der Waals surface area contributed by atoms with Crippen molar-refractivity contribution in [1.82, 2.24) is 4.90 Å². The summed E-state index contributed by atoms with van der Waals surface area (Å²) in [6.07, 6.45) is 0. The number of carbonyl (C=O) groups is 1. The van der Waals surface area contributed by atoms with Crippen molar-refractivity contribution in [2.75, 3.05) is 7.05 Å². The van der Waals surface area contributed by atoms with Gasteiger partial charge in [0, 0.05) is 13.6 Å². The molecule has 1 aromatic heterocycles. The zero-order chi connectivity index (χ0) is 18.5. The summed E-state index contributed by atoms with van der Waals surface area (Å²) < 4.78 is 11.3. The molecule has 0 aliphatic carbocycles. The summed E-state index contributed by atoms with van der Waals surface area (Å²) in [4.78, 5) is 14.3. The van der Waals surface area contributed by atoms with Crippen LogP contribution in [-0.4, -0.2) is 17.9 Å². The minimum absolute atomic E-state index is 0.143. The number of carbonyl (C=O) groups excluding carboxylic acids is 1. The van der Waals surface area contributed by atoms with Gasteiger partial charge in [-0.2, -0.15) is 0 Å². The van der Waals surface area contributed by atoms with Crippen molar-refractivity contribution in [2.45, 2.75) is 27.0 Å². The lowest BCUT2D eigenvalue weighted by atomic mass is 10.1. The molecule has 0 fully saturated rings. The summed E-state index contributed by atoms with van der Waals surface area (Å²) in [5, 5.41) is 0. The highest BCUT2D eigenvalue weighted by atomic mass is 16.5. The monoisotopic (exact) mass is 349 g/mol. The Balaban J connectivity index is 1.61. The molecule has 0 aliphatic heterocycles. The molecule has 0 radical (unpaired) electrons. The number of hydrogen-bond donors (Lipinski definition) is 0. The van der Waals surface area contributed by atoms with Crippen LogP contribution in [0, 0.1) is 13.8 Å². The normalized spacial score (nSPS) is 10.6. The van der Waals surface area contributed by atoms with E-state index in [0.717, 1.165) is 11.3 Å². The first-order chi connectivity index (χ1) is 12.5. The van der Waals surface area contributed by atoms with Crippen molar-refractivity contribution in [3.8, 4) is 5.75 Å². The van der Waals surface area contributed by atoms with Crippen LogP contribution in [0.4, 0.5) is 0 Å². The Labute approximate surface area is 154 Å². The van der Waals surface area contributed by atoms with Crippen molar-refractivity contribution >= 4 is 5.91 Å². The Hall–Kier alpha value is -3.01. The topological polar surface area (TPSA) is 42.7 Å². The summed E-state index contributed by atoms with van der Waals surface area (Å²) in [5.41, 5.74) is 3.53. The molecular weight excluding hydrogens is 326 g/mol. The van der Waals surface area contributed by atoms with Gasteiger partial charge in [0.05, 0.1) is 0 Å². The van der Waals surface area contributed by atoms with Gasteiger partial charge in [-0.1, -0.05) is 42.0 Å². The molecule has 1 heterocycles. The highest BCUT2D eigenvalue weighted by Gasteiger charge is 2.17. The van der Waals surface area contributed by atoms with Crippen LogP contribution in [0.3, 0.4) is 0 Å². The van der Waals surface area contributed by atoms with Crippen LogP contribution in [0.5, 0.6) is 5.75 Å². The zero-order valence-corrected chi connectivity index (χ0v) is 15.4. The largest absolute Gasteiger partial charge is 0.486 e. The van der Waals surface area contributed by atoms with Gasteiger partial charge in [0.2, 0.25) is 0 Å². The number of amides is 1. The highest BCUT2D eigenvalue weighted by Crippen LogP contribution is 2.17. The predicted octanol–water partition coefficient (Wildman–Crippen LogP) is 4.75. The van der Waals surface area contributed by atoms with Crippen LogP contribution in [-0.2, 0) is 13.2 Å². The molecular formula is C22H23NO3. The third-order valence-corrected chi connectivity index (χ3v) is 4.25. The molecule has 0 saturated heterocycles. The summed E-state index contributed by atoms with van der Waals surface area (Å²) in [5.74, 6) is 1.57. The first-order valence-electron chi connectivity index (χ1n) is 8.61. The lowest BCUT2D eigenvalue weighted by Gasteiger charge is -2.17. The Kier molecular flexibility index (Phi) is 5.42. The second-order valence-electron chi connectivity index (χ2n) is 6.46. The molecule has 2 aromatic carbocycles. The molecule has 0 aliphatic rings. The Morgan fingerprint density at radius 2 is 1.81 bits per heavy atom. The minimum Gasteiger partial charge on any atom is -0.486 e. The van der Waals surface area contributed by atoms with Gasteiger partial charge in [-0.3, -0.25) is 4.79 Å². The lowest BCUT2D eigenvalue weighted by molar-refractivity contribution is 0.0749. The molecule has 4 heteroatoms. The van der Waals surface area contributed by atoms with Gasteiger partial charge in [0.15, 0.2) is 5.76 Å². The number of aryl methyl sites for hydroxylation is 2. The fourth-order valence-electron chi connectivity index (χ4n) is 2.78. The van der Waals surface area contributed by atoms with E-state index in [-0.39, 0.29) is 12.5 Å². The van der Waals surface area contributed by atoms with E-state index in [1.54, 1.807) is 24.1 Å². The third-order valence-electron chi connectivity index (χ3n) is 4.25. The van der Waals surface area contributed by atoms with E-state index in [1.807, 2.05) is 30.3 Å². The molecule has 0 bridgehead atoms. The quantitative estimate of drug-likeness (QED) is 0.645. The van der Waals surface area contributed by atoms with E-state index in [9.17, 15) is 4.79 Å². The molecule has 134 valence electrons. The molecule has 26 heavy (non-hydrogen) atoms. The van der Waals surface area contributed by atoms with Crippen LogP contribution in [0.1, 0.15) is 33.0 Å². The van der Waals surface area contributed by atoms with Gasteiger partial charge in [-0.05, 0) is 49.2 Å². The van der Waals surface area contributed by atoms with E-state index < -0.39 is 0 Å². The Morgan fingerprint density at radius 1 is 1.04 bits per heavy atom. The van der Waals surface area contributed by atoms with E-state index in [2.05, 4.69) is 32.0 Å². The maximum atomic E-state index is 12.6. The molecule has 4 nitrogen and oxygen atoms in total. The van der Waals surface area contributed by atoms with Crippen LogP contribution in [0.15, 0.2) is 65.1 Å². The Bertz CT molecular complexity index is 883. The van der Waals surface area contributed by atoms with Gasteiger partial charge in [-0.15, -0.1) is 0 Å². The summed E-state index contributed by atoms with van der Waals surface area (Å²) in [6, 6.07) is 19.2. The molecule has 0 atom stereocenters. The van der Waals surface area contributed by atoms with Crippen molar-refractivity contribution in [2.24, 2.45) is 0 Å². The molecule has 0 saturated carbocycles. The van der Waals surface area contributed by atoms with E-state index in [4.69, 9.17) is 9.15 Å². The smallest absolute Gasteiger partial charge is 0.289 e. The van der Waals surface area contributed by atoms with Gasteiger partial charge in [-0.25, -0.2) is 0 Å². The number of para-hydroxylation sites is 1. The van der Waals surface area contributed by atoms with Crippen molar-refractivity contribution in [1.29, 1.82) is 0 Å². The van der Waals surface area contributed by atoms with E-state index in [1.165, 1.54) is 11.1 Å². The van der Waals surface area contributed by atoms with Crippen LogP contribution in [0.2, 0.25) is 0 Å². The second-order valence-corrected chi connectivity index (χ2v) is 6.46. The van der Waals surface area contributed by atoms with Crippen molar-refractivity contribution < 1.29 is 13.9 Å². The average molecular weight is 349 g/mol.